The van der Waals surface area contributed by atoms with Crippen LogP contribution in [0.15, 0.2) is 66.7 Å². The van der Waals surface area contributed by atoms with E-state index in [1.54, 1.807) is 25.3 Å². The van der Waals surface area contributed by atoms with E-state index in [1.165, 1.54) is 12.0 Å². The standard InChI is InChI=1S/C26H24ClNO5/c1-32-17-14-19(16-8-4-3-5-9-16)24(23(15-17)33-2)25(29)28-21(12-13-22(28)26(30)31)18-10-6-7-11-20(18)27/h3-11,14-15,21-22H,12-13H2,1-2H3,(H,30,31). The average Bonchev–Trinajstić information content (AvgIpc) is 3.29. The molecule has 1 saturated heterocycles. The summed E-state index contributed by atoms with van der Waals surface area (Å²) in [7, 11) is 3.02. The number of amides is 1. The van der Waals surface area contributed by atoms with Crippen LogP contribution in [0.25, 0.3) is 11.1 Å². The molecule has 1 amide bonds. The molecule has 3 aromatic rings. The number of likely N-dealkylation sites (tertiary alicyclic amines) is 1. The Balaban J connectivity index is 1.90. The molecular formula is C26H24ClNO5. The average molecular weight is 466 g/mol. The number of hydrogen-bond donors (Lipinski definition) is 1. The Bertz CT molecular complexity index is 1180. The fraction of sp³-hybridized carbons (Fsp3) is 0.231. The zero-order chi connectivity index (χ0) is 23.5. The van der Waals surface area contributed by atoms with Crippen molar-refractivity contribution >= 4 is 23.5 Å². The number of hydrogen-bond acceptors (Lipinski definition) is 4. The van der Waals surface area contributed by atoms with Gasteiger partial charge in [-0.1, -0.05) is 60.1 Å². The molecule has 1 fully saturated rings. The van der Waals surface area contributed by atoms with Crippen LogP contribution in [0.2, 0.25) is 5.02 Å². The summed E-state index contributed by atoms with van der Waals surface area (Å²) < 4.78 is 11.0. The van der Waals surface area contributed by atoms with Gasteiger partial charge in [0.2, 0.25) is 0 Å². The number of carbonyl (C=O) groups is 2. The van der Waals surface area contributed by atoms with Gasteiger partial charge in [-0.05, 0) is 36.1 Å². The van der Waals surface area contributed by atoms with E-state index in [4.69, 9.17) is 21.1 Å². The topological polar surface area (TPSA) is 76.1 Å². The molecule has 0 spiro atoms. The Kier molecular flexibility index (Phi) is 6.56. The summed E-state index contributed by atoms with van der Waals surface area (Å²) >= 11 is 6.45. The van der Waals surface area contributed by atoms with Crippen LogP contribution in [0.3, 0.4) is 0 Å². The van der Waals surface area contributed by atoms with Gasteiger partial charge in [0.25, 0.3) is 5.91 Å². The molecule has 6 nitrogen and oxygen atoms in total. The van der Waals surface area contributed by atoms with E-state index in [9.17, 15) is 14.7 Å². The molecule has 170 valence electrons. The molecule has 0 aliphatic carbocycles. The number of aliphatic carboxylic acids is 1. The van der Waals surface area contributed by atoms with Crippen LogP contribution >= 0.6 is 11.6 Å². The number of ether oxygens (including phenoxy) is 2. The van der Waals surface area contributed by atoms with Crippen LogP contribution in [0.5, 0.6) is 11.5 Å². The second-order valence-electron chi connectivity index (χ2n) is 7.80. The molecule has 2 atom stereocenters. The lowest BCUT2D eigenvalue weighted by Crippen LogP contribution is -2.42. The Labute approximate surface area is 197 Å². The summed E-state index contributed by atoms with van der Waals surface area (Å²) in [6, 6.07) is 18.6. The maximum atomic E-state index is 14.1. The van der Waals surface area contributed by atoms with E-state index in [1.807, 2.05) is 48.5 Å². The third kappa shape index (κ3) is 4.26. The van der Waals surface area contributed by atoms with E-state index in [2.05, 4.69) is 0 Å². The fourth-order valence-corrected chi connectivity index (χ4v) is 4.71. The molecule has 1 heterocycles. The first kappa shape index (κ1) is 22.7. The third-order valence-corrected chi connectivity index (χ3v) is 6.34. The minimum absolute atomic E-state index is 0.287. The predicted octanol–water partition coefficient (Wildman–Crippen LogP) is 5.45. The van der Waals surface area contributed by atoms with Crippen molar-refractivity contribution < 1.29 is 24.2 Å². The summed E-state index contributed by atoms with van der Waals surface area (Å²) in [5.74, 6) is -0.636. The maximum Gasteiger partial charge on any atom is 0.326 e. The molecule has 0 bridgehead atoms. The van der Waals surface area contributed by atoms with E-state index in [-0.39, 0.29) is 5.56 Å². The van der Waals surface area contributed by atoms with Gasteiger partial charge in [0.15, 0.2) is 0 Å². The number of methoxy groups -OCH3 is 2. The van der Waals surface area contributed by atoms with Crippen LogP contribution in [0.4, 0.5) is 0 Å². The first-order valence-electron chi connectivity index (χ1n) is 10.6. The highest BCUT2D eigenvalue weighted by Gasteiger charge is 2.44. The van der Waals surface area contributed by atoms with Gasteiger partial charge in [-0.3, -0.25) is 4.79 Å². The van der Waals surface area contributed by atoms with E-state index < -0.39 is 24.0 Å². The van der Waals surface area contributed by atoms with Gasteiger partial charge in [-0.2, -0.15) is 0 Å². The van der Waals surface area contributed by atoms with Crippen LogP contribution in [-0.2, 0) is 4.79 Å². The number of halogens is 1. The Morgan fingerprint density at radius 1 is 0.970 bits per heavy atom. The summed E-state index contributed by atoms with van der Waals surface area (Å²) in [6.45, 7) is 0. The summed E-state index contributed by atoms with van der Waals surface area (Å²) in [6.07, 6.45) is 0.821. The minimum atomic E-state index is -1.05. The third-order valence-electron chi connectivity index (χ3n) is 6.00. The number of carboxylic acids is 1. The largest absolute Gasteiger partial charge is 0.497 e. The lowest BCUT2D eigenvalue weighted by Gasteiger charge is -2.30. The second-order valence-corrected chi connectivity index (χ2v) is 8.21. The zero-order valence-electron chi connectivity index (χ0n) is 18.3. The van der Waals surface area contributed by atoms with Crippen LogP contribution < -0.4 is 9.47 Å². The van der Waals surface area contributed by atoms with Gasteiger partial charge in [0, 0.05) is 16.7 Å². The lowest BCUT2D eigenvalue weighted by molar-refractivity contribution is -0.141. The Morgan fingerprint density at radius 3 is 2.30 bits per heavy atom. The number of benzene rings is 3. The minimum Gasteiger partial charge on any atom is -0.497 e. The van der Waals surface area contributed by atoms with Crippen molar-refractivity contribution in [2.45, 2.75) is 24.9 Å². The predicted molar refractivity (Wildman–Crippen MR) is 126 cm³/mol. The molecular weight excluding hydrogens is 442 g/mol. The molecule has 33 heavy (non-hydrogen) atoms. The molecule has 2 unspecified atom stereocenters. The van der Waals surface area contributed by atoms with Gasteiger partial charge in [-0.15, -0.1) is 0 Å². The van der Waals surface area contributed by atoms with Gasteiger partial charge in [0.1, 0.15) is 17.5 Å². The molecule has 7 heteroatoms. The molecule has 0 aromatic heterocycles. The van der Waals surface area contributed by atoms with E-state index in [0.29, 0.717) is 34.9 Å². The van der Waals surface area contributed by atoms with Crippen molar-refractivity contribution in [3.63, 3.8) is 0 Å². The molecule has 3 aromatic carbocycles. The monoisotopic (exact) mass is 465 g/mol. The highest BCUT2D eigenvalue weighted by Crippen LogP contribution is 2.43. The van der Waals surface area contributed by atoms with Crippen LogP contribution in [0, 0.1) is 0 Å². The second kappa shape index (κ2) is 9.55. The van der Waals surface area contributed by atoms with Gasteiger partial charge in [-0.25, -0.2) is 4.79 Å². The van der Waals surface area contributed by atoms with E-state index >= 15 is 0 Å². The van der Waals surface area contributed by atoms with Crippen molar-refractivity contribution in [3.8, 4) is 22.6 Å². The number of carboxylic acid groups (broad SMARTS) is 1. The quantitative estimate of drug-likeness (QED) is 0.523. The summed E-state index contributed by atoms with van der Waals surface area (Å²) in [5.41, 5.74) is 2.41. The zero-order valence-corrected chi connectivity index (χ0v) is 19.1. The van der Waals surface area contributed by atoms with E-state index in [0.717, 1.165) is 11.1 Å². The normalized spacial score (nSPS) is 17.6. The summed E-state index contributed by atoms with van der Waals surface area (Å²) in [5, 5.41) is 10.4. The van der Waals surface area contributed by atoms with Gasteiger partial charge < -0.3 is 19.5 Å². The first-order chi connectivity index (χ1) is 16.0. The van der Waals surface area contributed by atoms with Gasteiger partial charge in [0.05, 0.1) is 25.8 Å². The lowest BCUT2D eigenvalue weighted by atomic mass is 9.96. The number of rotatable bonds is 6. The SMILES string of the molecule is COc1cc(OC)c(C(=O)N2C(C(=O)O)CCC2c2ccccc2Cl)c(-c2ccccc2)c1. The highest BCUT2D eigenvalue weighted by molar-refractivity contribution is 6.31. The van der Waals surface area contributed by atoms with Crippen molar-refractivity contribution in [2.75, 3.05) is 14.2 Å². The smallest absolute Gasteiger partial charge is 0.326 e. The molecule has 4 rings (SSSR count). The Hall–Kier alpha value is -3.51. The van der Waals surface area contributed by atoms with Crippen molar-refractivity contribution in [3.05, 3.63) is 82.9 Å². The molecule has 0 radical (unpaired) electrons. The van der Waals surface area contributed by atoms with Crippen molar-refractivity contribution in [1.82, 2.24) is 4.90 Å². The first-order valence-corrected chi connectivity index (χ1v) is 11.0. The van der Waals surface area contributed by atoms with Crippen molar-refractivity contribution in [1.29, 1.82) is 0 Å². The number of nitrogens with zero attached hydrogens (tertiary/aromatic N) is 1. The molecule has 1 N–H and O–H groups in total. The molecule has 0 saturated carbocycles. The molecule has 1 aliphatic rings. The Morgan fingerprint density at radius 2 is 1.67 bits per heavy atom. The van der Waals surface area contributed by atoms with Crippen LogP contribution in [0.1, 0.15) is 34.8 Å². The highest BCUT2D eigenvalue weighted by atomic mass is 35.5. The summed E-state index contributed by atoms with van der Waals surface area (Å²) in [4.78, 5) is 27.7. The molecule has 1 aliphatic heterocycles. The fourth-order valence-electron chi connectivity index (χ4n) is 4.45. The maximum absolute atomic E-state index is 14.1. The van der Waals surface area contributed by atoms with Crippen LogP contribution in [-0.4, -0.2) is 42.1 Å². The van der Waals surface area contributed by atoms with Gasteiger partial charge >= 0.3 is 5.97 Å². The van der Waals surface area contributed by atoms with Crippen molar-refractivity contribution in [2.24, 2.45) is 0 Å². The number of carbonyl (C=O) groups excluding carboxylic acids is 1.